The molecule has 1 aromatic rings. The number of benzene rings is 1. The van der Waals surface area contributed by atoms with Crippen LogP contribution in [0.25, 0.3) is 0 Å². The molecule has 0 aliphatic heterocycles. The lowest BCUT2D eigenvalue weighted by Crippen LogP contribution is -2.39. The number of aryl methyl sites for hydroxylation is 1. The van der Waals surface area contributed by atoms with E-state index in [2.05, 4.69) is 27.3 Å². The van der Waals surface area contributed by atoms with Gasteiger partial charge in [-0.2, -0.15) is 0 Å². The van der Waals surface area contributed by atoms with Gasteiger partial charge in [-0.1, -0.05) is 30.5 Å². The van der Waals surface area contributed by atoms with E-state index in [0.29, 0.717) is 19.6 Å². The highest BCUT2D eigenvalue weighted by molar-refractivity contribution is 14.0. The molecule has 6 nitrogen and oxygen atoms in total. The van der Waals surface area contributed by atoms with E-state index in [4.69, 9.17) is 4.74 Å². The van der Waals surface area contributed by atoms with Gasteiger partial charge in [-0.05, 0) is 31.9 Å². The second-order valence-electron chi connectivity index (χ2n) is 5.83. The van der Waals surface area contributed by atoms with Crippen LogP contribution in [-0.4, -0.2) is 45.8 Å². The van der Waals surface area contributed by atoms with Gasteiger partial charge < -0.3 is 20.1 Å². The van der Waals surface area contributed by atoms with Gasteiger partial charge in [-0.3, -0.25) is 9.79 Å². The molecule has 0 fully saturated rings. The Labute approximate surface area is 174 Å². The Balaban J connectivity index is 0.00000625. The number of carbonyl (C=O) groups is 1. The van der Waals surface area contributed by atoms with E-state index in [0.717, 1.165) is 43.9 Å². The molecular formula is C19H32IN3O3. The van der Waals surface area contributed by atoms with E-state index in [1.54, 1.807) is 7.05 Å². The Morgan fingerprint density at radius 1 is 1.04 bits per heavy atom. The number of hydrogen-bond acceptors (Lipinski definition) is 4. The summed E-state index contributed by atoms with van der Waals surface area (Å²) in [7, 11) is 3.18. The van der Waals surface area contributed by atoms with Crippen LogP contribution in [0.2, 0.25) is 0 Å². The predicted octanol–water partition coefficient (Wildman–Crippen LogP) is 3.28. The van der Waals surface area contributed by atoms with Crippen molar-refractivity contribution in [2.45, 2.75) is 39.0 Å². The Kier molecular flexibility index (Phi) is 14.8. The van der Waals surface area contributed by atoms with Gasteiger partial charge in [-0.15, -0.1) is 24.0 Å². The minimum Gasteiger partial charge on any atom is -0.492 e. The van der Waals surface area contributed by atoms with Gasteiger partial charge in [0.2, 0.25) is 0 Å². The molecule has 0 spiro atoms. The quantitative estimate of drug-likeness (QED) is 0.168. The number of nitrogens with zero attached hydrogens (tertiary/aromatic N) is 1. The van der Waals surface area contributed by atoms with Crippen LogP contribution in [0, 0.1) is 6.92 Å². The molecule has 0 saturated heterocycles. The number of esters is 1. The fourth-order valence-electron chi connectivity index (χ4n) is 2.25. The van der Waals surface area contributed by atoms with Gasteiger partial charge in [0.25, 0.3) is 0 Å². The average Bonchev–Trinajstić information content (AvgIpc) is 2.63. The molecule has 0 bridgehead atoms. The fraction of sp³-hybridized carbons (Fsp3) is 0.579. The molecule has 0 aromatic heterocycles. The number of hydrogen-bond donors (Lipinski definition) is 2. The molecule has 148 valence electrons. The van der Waals surface area contributed by atoms with Crippen molar-refractivity contribution in [2.75, 3.05) is 33.9 Å². The maximum absolute atomic E-state index is 11.0. The highest BCUT2D eigenvalue weighted by atomic mass is 127. The molecule has 1 aromatic carbocycles. The molecule has 7 heteroatoms. The van der Waals surface area contributed by atoms with E-state index in [1.165, 1.54) is 12.7 Å². The lowest BCUT2D eigenvalue weighted by molar-refractivity contribution is -0.140. The van der Waals surface area contributed by atoms with Gasteiger partial charge in [0.15, 0.2) is 5.96 Å². The number of unbranched alkanes of at least 4 members (excludes halogenated alkanes) is 3. The normalized spacial score (nSPS) is 10.7. The first kappa shape index (κ1) is 24.5. The van der Waals surface area contributed by atoms with E-state index >= 15 is 0 Å². The highest BCUT2D eigenvalue weighted by Gasteiger charge is 2.00. The maximum Gasteiger partial charge on any atom is 0.305 e. The lowest BCUT2D eigenvalue weighted by atomic mass is 10.1. The van der Waals surface area contributed by atoms with E-state index in [-0.39, 0.29) is 29.9 Å². The zero-order valence-electron chi connectivity index (χ0n) is 16.0. The largest absolute Gasteiger partial charge is 0.492 e. The average molecular weight is 477 g/mol. The summed E-state index contributed by atoms with van der Waals surface area (Å²) in [6.45, 7) is 4.18. The molecule has 0 unspecified atom stereocenters. The van der Waals surface area contributed by atoms with E-state index in [1.807, 2.05) is 24.3 Å². The molecule has 0 saturated carbocycles. The van der Waals surface area contributed by atoms with Crippen molar-refractivity contribution in [1.29, 1.82) is 0 Å². The molecule has 0 aliphatic rings. The molecule has 0 amide bonds. The number of rotatable bonds is 11. The number of guanidine groups is 1. The summed E-state index contributed by atoms with van der Waals surface area (Å²) in [6, 6.07) is 8.02. The van der Waals surface area contributed by atoms with E-state index < -0.39 is 0 Å². The number of aliphatic imine (C=N–C) groups is 1. The number of halogens is 1. The van der Waals surface area contributed by atoms with Crippen LogP contribution in [0.15, 0.2) is 29.3 Å². The lowest BCUT2D eigenvalue weighted by Gasteiger charge is -2.12. The van der Waals surface area contributed by atoms with Gasteiger partial charge in [-0.25, -0.2) is 0 Å². The van der Waals surface area contributed by atoms with Gasteiger partial charge in [0, 0.05) is 20.0 Å². The van der Waals surface area contributed by atoms with Crippen LogP contribution in [-0.2, 0) is 9.53 Å². The third kappa shape index (κ3) is 11.9. The monoisotopic (exact) mass is 477 g/mol. The van der Waals surface area contributed by atoms with Crippen LogP contribution in [0.1, 0.15) is 37.7 Å². The summed E-state index contributed by atoms with van der Waals surface area (Å²) in [5.74, 6) is 1.53. The zero-order chi connectivity index (χ0) is 18.3. The number of nitrogens with one attached hydrogen (secondary N) is 2. The minimum atomic E-state index is -0.129. The molecular weight excluding hydrogens is 445 g/mol. The second-order valence-corrected chi connectivity index (χ2v) is 5.83. The zero-order valence-corrected chi connectivity index (χ0v) is 18.4. The number of methoxy groups -OCH3 is 1. The van der Waals surface area contributed by atoms with Gasteiger partial charge in [0.05, 0.1) is 13.7 Å². The highest BCUT2D eigenvalue weighted by Crippen LogP contribution is 2.10. The van der Waals surface area contributed by atoms with Crippen LogP contribution in [0.3, 0.4) is 0 Å². The topological polar surface area (TPSA) is 72.0 Å². The van der Waals surface area contributed by atoms with Crippen LogP contribution >= 0.6 is 24.0 Å². The minimum absolute atomic E-state index is 0. The van der Waals surface area contributed by atoms with Gasteiger partial charge >= 0.3 is 5.97 Å². The number of ether oxygens (including phenoxy) is 2. The van der Waals surface area contributed by atoms with Crippen LogP contribution < -0.4 is 15.4 Å². The van der Waals surface area contributed by atoms with E-state index in [9.17, 15) is 4.79 Å². The summed E-state index contributed by atoms with van der Waals surface area (Å²) in [5.41, 5.74) is 1.22. The Bertz CT molecular complexity index is 521. The Morgan fingerprint density at radius 3 is 2.35 bits per heavy atom. The van der Waals surface area contributed by atoms with Crippen molar-refractivity contribution in [3.63, 3.8) is 0 Å². The first-order valence-corrected chi connectivity index (χ1v) is 8.86. The van der Waals surface area contributed by atoms with Crippen molar-refractivity contribution >= 4 is 35.9 Å². The summed E-state index contributed by atoms with van der Waals surface area (Å²) in [6.07, 6.45) is 4.55. The standard InChI is InChI=1S/C19H31N3O3.HI/c1-16-9-11-17(12-10-16)25-15-14-22-19(20-2)21-13-7-5-4-6-8-18(23)24-3;/h9-12H,4-8,13-15H2,1-3H3,(H2,20,21,22);1H. The molecule has 0 aliphatic carbocycles. The van der Waals surface area contributed by atoms with Crippen LogP contribution in [0.4, 0.5) is 0 Å². The molecule has 0 radical (unpaired) electrons. The Morgan fingerprint density at radius 2 is 1.69 bits per heavy atom. The molecule has 2 N–H and O–H groups in total. The van der Waals surface area contributed by atoms with Gasteiger partial charge in [0.1, 0.15) is 12.4 Å². The summed E-state index contributed by atoms with van der Waals surface area (Å²) < 4.78 is 10.3. The van der Waals surface area contributed by atoms with Crippen molar-refractivity contribution in [3.05, 3.63) is 29.8 Å². The molecule has 1 rings (SSSR count). The first-order valence-electron chi connectivity index (χ1n) is 8.86. The summed E-state index contributed by atoms with van der Waals surface area (Å²) in [4.78, 5) is 15.2. The number of carbonyl (C=O) groups excluding carboxylic acids is 1. The SMILES string of the molecule is CN=C(NCCCCCCC(=O)OC)NCCOc1ccc(C)cc1.I. The van der Waals surface area contributed by atoms with Crippen LogP contribution in [0.5, 0.6) is 5.75 Å². The second kappa shape index (κ2) is 15.7. The molecule has 26 heavy (non-hydrogen) atoms. The predicted molar refractivity (Wildman–Crippen MR) is 117 cm³/mol. The molecule has 0 atom stereocenters. The summed E-state index contributed by atoms with van der Waals surface area (Å²) >= 11 is 0. The van der Waals surface area contributed by atoms with Crippen molar-refractivity contribution in [2.24, 2.45) is 4.99 Å². The Hall–Kier alpha value is -1.51. The smallest absolute Gasteiger partial charge is 0.305 e. The van der Waals surface area contributed by atoms with Crippen molar-refractivity contribution in [3.8, 4) is 5.75 Å². The fourth-order valence-corrected chi connectivity index (χ4v) is 2.25. The summed E-state index contributed by atoms with van der Waals surface area (Å²) in [5, 5.41) is 6.51. The first-order chi connectivity index (χ1) is 12.2. The van der Waals surface area contributed by atoms with Crippen molar-refractivity contribution in [1.82, 2.24) is 10.6 Å². The third-order valence-corrected chi connectivity index (χ3v) is 3.74. The maximum atomic E-state index is 11.0. The van der Waals surface area contributed by atoms with Crippen molar-refractivity contribution < 1.29 is 14.3 Å². The third-order valence-electron chi connectivity index (χ3n) is 3.74. The molecule has 0 heterocycles.